The molecule has 6 aliphatic heterocycles. The molecule has 6 aliphatic rings. The van der Waals surface area contributed by atoms with E-state index in [1.807, 2.05) is 39.8 Å². The molecule has 0 radical (unpaired) electrons. The third-order valence-corrected chi connectivity index (χ3v) is 14.8. The molecule has 3 atom stereocenters. The van der Waals surface area contributed by atoms with Gasteiger partial charge in [0.2, 0.25) is 0 Å². The zero-order valence-electron chi connectivity index (χ0n) is 44.2. The Bertz CT molecular complexity index is 2430. The number of rotatable bonds is 15. The van der Waals surface area contributed by atoms with Gasteiger partial charge in [-0.2, -0.15) is 0 Å². The molecule has 22 heteroatoms. The third-order valence-electron chi connectivity index (χ3n) is 13.1. The maximum Gasteiger partial charge on any atom is 0.499 e. The summed E-state index contributed by atoms with van der Waals surface area (Å²) in [5.74, 6) is 2.11. The van der Waals surface area contributed by atoms with Crippen LogP contribution in [0.1, 0.15) is 130 Å². The fraction of sp³-hybridized carbons (Fsp3) is 0.518. The van der Waals surface area contributed by atoms with Crippen molar-refractivity contribution in [2.45, 2.75) is 130 Å². The average Bonchev–Trinajstić information content (AvgIpc) is 3.92. The van der Waals surface area contributed by atoms with Crippen LogP contribution in [0.5, 0.6) is 23.0 Å². The van der Waals surface area contributed by atoms with Crippen LogP contribution in [-0.4, -0.2) is 133 Å². The minimum Gasteiger partial charge on any atom is -0.507 e. The molecule has 0 saturated carbocycles. The highest BCUT2D eigenvalue weighted by molar-refractivity contribution is 9.11. The van der Waals surface area contributed by atoms with Crippen LogP contribution in [-0.2, 0) is 53.6 Å². The predicted molar refractivity (Wildman–Crippen MR) is 300 cm³/mol. The maximum absolute atomic E-state index is 11.6. The highest BCUT2D eigenvalue weighted by atomic mass is 79.9. The van der Waals surface area contributed by atoms with E-state index >= 15 is 0 Å². The van der Waals surface area contributed by atoms with E-state index in [0.717, 1.165) is 88.4 Å². The van der Waals surface area contributed by atoms with Gasteiger partial charge in [0.25, 0.3) is 0 Å². The second-order valence-corrected chi connectivity index (χ2v) is 20.7. The Morgan fingerprint density at radius 1 is 0.590 bits per heavy atom. The van der Waals surface area contributed by atoms with Gasteiger partial charge >= 0.3 is 14.2 Å². The van der Waals surface area contributed by atoms with Crippen molar-refractivity contribution in [3.05, 3.63) is 104 Å². The zero-order valence-corrected chi connectivity index (χ0v) is 47.3. The van der Waals surface area contributed by atoms with Crippen LogP contribution in [0.4, 0.5) is 0 Å². The number of aliphatic hydroxyl groups is 1. The predicted octanol–water partition coefficient (Wildman–Crippen LogP) is 9.27. The number of aromatic hydroxyl groups is 1. The fourth-order valence-electron chi connectivity index (χ4n) is 8.22. The number of benzene rings is 4. The lowest BCUT2D eigenvalue weighted by Crippen LogP contribution is -2.41. The molecule has 2 N–H and O–H groups in total. The molecule has 4 saturated heterocycles. The number of phenolic OH excluding ortho intramolecular Hbond substituents is 1. The van der Waals surface area contributed by atoms with Gasteiger partial charge in [0, 0.05) is 47.4 Å². The molecule has 4 aromatic rings. The largest absolute Gasteiger partial charge is 0.507 e. The molecule has 0 bridgehead atoms. The quantitative estimate of drug-likeness (QED) is 0.0645. The van der Waals surface area contributed by atoms with E-state index in [2.05, 4.69) is 37.9 Å². The molecule has 18 nitrogen and oxygen atoms in total. The van der Waals surface area contributed by atoms with Crippen molar-refractivity contribution in [1.29, 1.82) is 0 Å². The first-order valence-corrected chi connectivity index (χ1v) is 27.5. The number of hydrogen-bond acceptors (Lipinski definition) is 18. The third kappa shape index (κ3) is 19.2. The molecule has 10 rings (SSSR count). The Kier molecular flexibility index (Phi) is 27.7. The Balaban J connectivity index is 0.000000189. The molecular weight excluding hydrogens is 1140 g/mol. The van der Waals surface area contributed by atoms with Crippen LogP contribution in [0, 0.1) is 0 Å². The summed E-state index contributed by atoms with van der Waals surface area (Å²) in [5.41, 5.74) is 3.35. The van der Waals surface area contributed by atoms with E-state index < -0.39 is 18.3 Å². The van der Waals surface area contributed by atoms with Gasteiger partial charge in [0.05, 0.1) is 46.6 Å². The molecule has 3 unspecified atom stereocenters. The molecule has 0 aliphatic carbocycles. The standard InChI is InChI=1S/C19H27BO6.C13H15BrO4.C9H9BO3.C7H5BrO2.C7H14O3.CH4/c1-18(2)19(3,4)26-20(25-18)17-14(12-21)8-7-9-15(17)23-13-24-16-10-5-6-11-22-16;14-13-10(8-15)4-3-5-11(13)17-9-18-12-6-1-2-7-16-12;1-2-7-6-13-10-9(7)8(3-1)11-4-5-12-10;8-7-5(4-9)2-1-3-6(7)10;8-4-6-10-7-3-1-2-5-9-7;/h7-9,12,16H,5-6,10-11,13H2,1-4H3;3-5,8,12H,1-2,6-7,9H2;1-3H,4-6H2;1-4,10H;7-8H,1-6H2;1H4. The molecule has 0 amide bonds. The smallest absolute Gasteiger partial charge is 0.499 e. The normalized spacial score (nSPS) is 20.5. The van der Waals surface area contributed by atoms with E-state index in [0.29, 0.717) is 81.9 Å². The number of aliphatic hydroxyl groups excluding tert-OH is 1. The van der Waals surface area contributed by atoms with Crippen molar-refractivity contribution in [3.63, 3.8) is 0 Å². The molecule has 0 aromatic heterocycles. The first kappa shape index (κ1) is 64.6. The lowest BCUT2D eigenvalue weighted by molar-refractivity contribution is -0.191. The van der Waals surface area contributed by atoms with E-state index in [-0.39, 0.29) is 59.4 Å². The van der Waals surface area contributed by atoms with E-state index in [4.69, 9.17) is 71.5 Å². The monoisotopic (exact) mass is 1210 g/mol. The van der Waals surface area contributed by atoms with E-state index in [9.17, 15) is 14.4 Å². The molecular formula is C56H74B2Br2O18. The van der Waals surface area contributed by atoms with Crippen molar-refractivity contribution in [2.75, 3.05) is 59.8 Å². The first-order chi connectivity index (χ1) is 37.3. The number of hydrogen-bond donors (Lipinski definition) is 2. The average molecular weight is 1220 g/mol. The molecule has 426 valence electrons. The summed E-state index contributed by atoms with van der Waals surface area (Å²) >= 11 is 6.38. The van der Waals surface area contributed by atoms with Gasteiger partial charge in [0.1, 0.15) is 35.9 Å². The van der Waals surface area contributed by atoms with Gasteiger partial charge in [-0.15, -0.1) is 0 Å². The molecule has 4 aromatic carbocycles. The SMILES string of the molecule is C.CC1(C)OB(c2c(C=O)cccc2OCOC2CCCCO2)OC1(C)C.O=Cc1cccc(O)c1Br.O=Cc1cccc(OCOC2CCCCO2)c1Br.OCCOC1CCCCO1.c1cc2c3c(c1)OCCOB3OC2. The second kappa shape index (κ2) is 33.5. The number of aldehydes is 3. The molecule has 0 spiro atoms. The van der Waals surface area contributed by atoms with E-state index in [1.165, 1.54) is 18.1 Å². The zero-order chi connectivity index (χ0) is 55.0. The molecule has 6 heterocycles. The van der Waals surface area contributed by atoms with E-state index in [1.54, 1.807) is 48.5 Å². The summed E-state index contributed by atoms with van der Waals surface area (Å²) in [5, 5.41) is 17.4. The van der Waals surface area contributed by atoms with Gasteiger partial charge < -0.3 is 71.5 Å². The maximum atomic E-state index is 11.6. The van der Waals surface area contributed by atoms with Crippen LogP contribution in [0.3, 0.4) is 0 Å². The van der Waals surface area contributed by atoms with Crippen LogP contribution in [0.15, 0.2) is 81.7 Å². The van der Waals surface area contributed by atoms with Crippen molar-refractivity contribution in [1.82, 2.24) is 0 Å². The number of halogens is 2. The summed E-state index contributed by atoms with van der Waals surface area (Å²) in [6.07, 6.45) is 11.2. The Morgan fingerprint density at radius 3 is 1.64 bits per heavy atom. The summed E-state index contributed by atoms with van der Waals surface area (Å²) in [6, 6.07) is 21.3. The summed E-state index contributed by atoms with van der Waals surface area (Å²) in [7, 11) is -0.879. The van der Waals surface area contributed by atoms with Crippen molar-refractivity contribution >= 4 is 75.9 Å². The second-order valence-electron chi connectivity index (χ2n) is 19.1. The summed E-state index contributed by atoms with van der Waals surface area (Å²) in [4.78, 5) is 32.6. The number of carbonyl (C=O) groups excluding carboxylic acids is 3. The summed E-state index contributed by atoms with van der Waals surface area (Å²) in [6.45, 7) is 12.6. The fourth-order valence-corrected chi connectivity index (χ4v) is 9.05. The van der Waals surface area contributed by atoms with Crippen molar-refractivity contribution in [2.24, 2.45) is 0 Å². The number of phenols is 1. The first-order valence-electron chi connectivity index (χ1n) is 25.9. The Morgan fingerprint density at radius 2 is 1.10 bits per heavy atom. The van der Waals surface area contributed by atoms with Crippen LogP contribution >= 0.6 is 31.9 Å². The lowest BCUT2D eigenvalue weighted by atomic mass is 9.75. The lowest BCUT2D eigenvalue weighted by Gasteiger charge is -2.32. The van der Waals surface area contributed by atoms with Crippen molar-refractivity contribution in [3.8, 4) is 23.0 Å². The van der Waals surface area contributed by atoms with Gasteiger partial charge in [-0.25, -0.2) is 0 Å². The topological polar surface area (TPSA) is 212 Å². The highest BCUT2D eigenvalue weighted by Gasteiger charge is 2.53. The number of ether oxygens (including phenoxy) is 9. The van der Waals surface area contributed by atoms with Crippen LogP contribution in [0.25, 0.3) is 0 Å². The van der Waals surface area contributed by atoms with Gasteiger partial charge in [-0.3, -0.25) is 14.4 Å². The minimum absolute atomic E-state index is 0. The van der Waals surface area contributed by atoms with Crippen LogP contribution < -0.4 is 25.1 Å². The minimum atomic E-state index is -0.678. The van der Waals surface area contributed by atoms with Crippen molar-refractivity contribution < 1.29 is 85.8 Å². The highest BCUT2D eigenvalue weighted by Crippen LogP contribution is 2.38. The Labute approximate surface area is 475 Å². The van der Waals surface area contributed by atoms with Gasteiger partial charge in [0.15, 0.2) is 45.0 Å². The number of carbonyl (C=O) groups is 3. The van der Waals surface area contributed by atoms with Gasteiger partial charge in [-0.05, 0) is 147 Å². The Hall–Kier alpha value is -4.26. The van der Waals surface area contributed by atoms with Gasteiger partial charge in [-0.1, -0.05) is 56.0 Å². The molecule has 4 fully saturated rings. The summed E-state index contributed by atoms with van der Waals surface area (Å²) < 4.78 is 73.6. The van der Waals surface area contributed by atoms with Crippen LogP contribution in [0.2, 0.25) is 0 Å². The molecule has 78 heavy (non-hydrogen) atoms.